The highest BCUT2D eigenvalue weighted by Crippen LogP contribution is 2.32. The van der Waals surface area contributed by atoms with Crippen LogP contribution in [0.3, 0.4) is 0 Å². The smallest absolute Gasteiger partial charge is 0.215 e. The molecule has 2 atom stereocenters. The molecule has 0 aromatic rings. The first-order valence-electron chi connectivity index (χ1n) is 3.38. The van der Waals surface area contributed by atoms with Crippen LogP contribution in [-0.4, -0.2) is 21.5 Å². The Morgan fingerprint density at radius 2 is 2.20 bits per heavy atom. The molecule has 2 unspecified atom stereocenters. The number of hydrogen-bond acceptors (Lipinski definition) is 3. The van der Waals surface area contributed by atoms with Gasteiger partial charge in [-0.05, 0) is 12.8 Å². The molecule has 1 saturated carbocycles. The van der Waals surface area contributed by atoms with E-state index in [-0.39, 0.29) is 0 Å². The van der Waals surface area contributed by atoms with E-state index in [9.17, 15) is 5.11 Å². The Labute approximate surface area is 64.5 Å². The fourth-order valence-corrected chi connectivity index (χ4v) is 1.49. The third kappa shape index (κ3) is 1.42. The van der Waals surface area contributed by atoms with Gasteiger partial charge in [0.05, 0.1) is 5.38 Å². The van der Waals surface area contributed by atoms with E-state index in [1.165, 1.54) is 0 Å². The average molecular weight is 167 g/mol. The number of rotatable bonds is 1. The van der Waals surface area contributed by atoms with Crippen molar-refractivity contribution in [2.24, 2.45) is 0 Å². The van der Waals surface area contributed by atoms with Crippen LogP contribution >= 0.6 is 11.6 Å². The molecule has 0 bridgehead atoms. The van der Waals surface area contributed by atoms with Gasteiger partial charge in [-0.1, -0.05) is 6.42 Å². The maximum absolute atomic E-state index is 9.34. The summed E-state index contributed by atoms with van der Waals surface area (Å²) in [6.07, 6.45) is 2.94. The second-order valence-electron chi connectivity index (χ2n) is 2.65. The van der Waals surface area contributed by atoms with Crippen LogP contribution in [0.25, 0.3) is 0 Å². The van der Waals surface area contributed by atoms with Gasteiger partial charge in [-0.25, -0.2) is 10.1 Å². The van der Waals surface area contributed by atoms with Gasteiger partial charge in [-0.2, -0.15) is 0 Å². The van der Waals surface area contributed by atoms with E-state index in [1.807, 2.05) is 0 Å². The van der Waals surface area contributed by atoms with E-state index in [0.29, 0.717) is 12.8 Å². The predicted octanol–water partition coefficient (Wildman–Crippen LogP) is 1.35. The highest BCUT2D eigenvalue weighted by molar-refractivity contribution is 6.21. The Kier molecular flexibility index (Phi) is 2.52. The van der Waals surface area contributed by atoms with Crippen molar-refractivity contribution in [1.29, 1.82) is 0 Å². The summed E-state index contributed by atoms with van der Waals surface area (Å²) >= 11 is 5.69. The Morgan fingerprint density at radius 1 is 1.50 bits per heavy atom. The molecular formula is C6H11ClO3. The molecule has 10 heavy (non-hydrogen) atoms. The van der Waals surface area contributed by atoms with Crippen molar-refractivity contribution in [2.45, 2.75) is 36.8 Å². The molecule has 3 nitrogen and oxygen atoms in total. The molecule has 0 aromatic carbocycles. The lowest BCUT2D eigenvalue weighted by Gasteiger charge is -2.32. The van der Waals surface area contributed by atoms with E-state index in [2.05, 4.69) is 4.89 Å². The lowest BCUT2D eigenvalue weighted by atomic mass is 9.94. The molecule has 60 valence electrons. The summed E-state index contributed by atoms with van der Waals surface area (Å²) < 4.78 is 0. The first-order chi connectivity index (χ1) is 4.69. The van der Waals surface area contributed by atoms with Crippen molar-refractivity contribution in [3.05, 3.63) is 0 Å². The van der Waals surface area contributed by atoms with Gasteiger partial charge in [-0.15, -0.1) is 11.6 Å². The van der Waals surface area contributed by atoms with Gasteiger partial charge < -0.3 is 5.11 Å². The van der Waals surface area contributed by atoms with Crippen LogP contribution in [0.15, 0.2) is 0 Å². The molecule has 1 aliphatic carbocycles. The van der Waals surface area contributed by atoms with E-state index in [4.69, 9.17) is 16.9 Å². The minimum Gasteiger partial charge on any atom is -0.362 e. The van der Waals surface area contributed by atoms with Gasteiger partial charge in [0.1, 0.15) is 0 Å². The van der Waals surface area contributed by atoms with Crippen molar-refractivity contribution >= 4 is 11.6 Å². The lowest BCUT2D eigenvalue weighted by Crippen LogP contribution is -2.43. The fourth-order valence-electron chi connectivity index (χ4n) is 1.19. The molecule has 0 aromatic heterocycles. The molecule has 0 saturated heterocycles. The summed E-state index contributed by atoms with van der Waals surface area (Å²) in [5.41, 5.74) is 0. The lowest BCUT2D eigenvalue weighted by molar-refractivity contribution is -0.397. The maximum atomic E-state index is 9.34. The molecular weight excluding hydrogens is 156 g/mol. The van der Waals surface area contributed by atoms with Crippen LogP contribution in [0.4, 0.5) is 0 Å². The normalized spacial score (nSPS) is 41.7. The van der Waals surface area contributed by atoms with Gasteiger partial charge >= 0.3 is 0 Å². The minimum atomic E-state index is -1.50. The predicted molar refractivity (Wildman–Crippen MR) is 36.8 cm³/mol. The zero-order valence-electron chi connectivity index (χ0n) is 5.59. The largest absolute Gasteiger partial charge is 0.362 e. The van der Waals surface area contributed by atoms with Crippen molar-refractivity contribution in [3.8, 4) is 0 Å². The molecule has 0 aliphatic heterocycles. The van der Waals surface area contributed by atoms with Crippen LogP contribution in [0.5, 0.6) is 0 Å². The fraction of sp³-hybridized carbons (Fsp3) is 1.00. The standard InChI is InChI=1S/C6H11ClO3/c7-5-3-1-2-4-6(5,8)10-9/h5,8-9H,1-4H2. The van der Waals surface area contributed by atoms with E-state index < -0.39 is 11.2 Å². The zero-order valence-corrected chi connectivity index (χ0v) is 6.34. The Hall–Kier alpha value is 0.170. The summed E-state index contributed by atoms with van der Waals surface area (Å²) in [5.74, 6) is -1.50. The van der Waals surface area contributed by atoms with Gasteiger partial charge in [0.25, 0.3) is 0 Å². The Balaban J connectivity index is 2.54. The maximum Gasteiger partial charge on any atom is 0.215 e. The monoisotopic (exact) mass is 166 g/mol. The van der Waals surface area contributed by atoms with Crippen LogP contribution in [0.2, 0.25) is 0 Å². The van der Waals surface area contributed by atoms with Gasteiger partial charge in [0, 0.05) is 6.42 Å². The van der Waals surface area contributed by atoms with Crippen LogP contribution in [0.1, 0.15) is 25.7 Å². The van der Waals surface area contributed by atoms with Gasteiger partial charge in [0.2, 0.25) is 5.79 Å². The topological polar surface area (TPSA) is 49.7 Å². The summed E-state index contributed by atoms with van der Waals surface area (Å²) in [5, 5.41) is 17.2. The highest BCUT2D eigenvalue weighted by Gasteiger charge is 2.39. The molecule has 0 amide bonds. The molecule has 0 spiro atoms. The average Bonchev–Trinajstić information content (AvgIpc) is 1.96. The first-order valence-corrected chi connectivity index (χ1v) is 3.82. The third-order valence-electron chi connectivity index (χ3n) is 1.89. The van der Waals surface area contributed by atoms with Gasteiger partial charge in [0.15, 0.2) is 0 Å². The minimum absolute atomic E-state index is 0.414. The molecule has 0 radical (unpaired) electrons. The van der Waals surface area contributed by atoms with Gasteiger partial charge in [-0.3, -0.25) is 0 Å². The number of hydrogen-bond donors (Lipinski definition) is 2. The zero-order chi connectivity index (χ0) is 7.61. The molecule has 2 N–H and O–H groups in total. The Bertz CT molecular complexity index is 120. The summed E-state index contributed by atoms with van der Waals surface area (Å²) in [6, 6.07) is 0. The number of halogens is 1. The van der Waals surface area contributed by atoms with E-state index in [1.54, 1.807) is 0 Å². The molecule has 4 heteroatoms. The van der Waals surface area contributed by atoms with Crippen LogP contribution in [-0.2, 0) is 4.89 Å². The van der Waals surface area contributed by atoms with Crippen LogP contribution < -0.4 is 0 Å². The van der Waals surface area contributed by atoms with E-state index >= 15 is 0 Å². The summed E-state index contributed by atoms with van der Waals surface area (Å²) in [7, 11) is 0. The second-order valence-corrected chi connectivity index (χ2v) is 3.18. The quantitative estimate of drug-likeness (QED) is 0.268. The molecule has 1 aliphatic rings. The summed E-state index contributed by atoms with van der Waals surface area (Å²) in [4.78, 5) is 3.91. The SMILES string of the molecule is OOC1(O)CCCCC1Cl. The number of alkyl halides is 1. The molecule has 1 rings (SSSR count). The molecule has 0 heterocycles. The third-order valence-corrected chi connectivity index (χ3v) is 2.45. The molecule has 1 fully saturated rings. The van der Waals surface area contributed by atoms with Crippen molar-refractivity contribution < 1.29 is 15.3 Å². The van der Waals surface area contributed by atoms with Crippen molar-refractivity contribution in [1.82, 2.24) is 0 Å². The van der Waals surface area contributed by atoms with Crippen molar-refractivity contribution in [2.75, 3.05) is 0 Å². The highest BCUT2D eigenvalue weighted by atomic mass is 35.5. The van der Waals surface area contributed by atoms with E-state index in [0.717, 1.165) is 12.8 Å². The van der Waals surface area contributed by atoms with Crippen LogP contribution in [0, 0.1) is 0 Å². The summed E-state index contributed by atoms with van der Waals surface area (Å²) in [6.45, 7) is 0. The second kappa shape index (κ2) is 3.05. The Morgan fingerprint density at radius 3 is 2.60 bits per heavy atom. The van der Waals surface area contributed by atoms with Crippen molar-refractivity contribution in [3.63, 3.8) is 0 Å². The first kappa shape index (κ1) is 8.27. The number of aliphatic hydroxyl groups is 1.